The third-order valence-corrected chi connectivity index (χ3v) is 2.10. The lowest BCUT2D eigenvalue weighted by molar-refractivity contribution is 0.0698. The topological polar surface area (TPSA) is 63.3 Å². The quantitative estimate of drug-likeness (QED) is 0.781. The van der Waals surface area contributed by atoms with Crippen molar-refractivity contribution in [3.05, 3.63) is 27.2 Å². The Labute approximate surface area is 94.4 Å². The predicted molar refractivity (Wildman–Crippen MR) is 57.8 cm³/mol. The van der Waals surface area contributed by atoms with Gasteiger partial charge >= 0.3 is 5.97 Å². The molecule has 0 spiro atoms. The molecule has 0 saturated carbocycles. The molecule has 0 aromatic heterocycles. The van der Waals surface area contributed by atoms with Gasteiger partial charge in [-0.1, -0.05) is 27.5 Å². The number of carboxylic acids is 1. The highest BCUT2D eigenvalue weighted by Gasteiger charge is 2.11. The van der Waals surface area contributed by atoms with Crippen molar-refractivity contribution in [1.29, 1.82) is 0 Å². The van der Waals surface area contributed by atoms with E-state index in [1.807, 2.05) is 0 Å². The van der Waals surface area contributed by atoms with Crippen molar-refractivity contribution >= 4 is 51.6 Å². The fourth-order valence-electron chi connectivity index (χ4n) is 0.762. The highest BCUT2D eigenvalue weighted by atomic mass is 79.9. The SMILES string of the molecule is Cl.Nc1c(Cl)cc(Br)cc1C(=O)O. The van der Waals surface area contributed by atoms with Gasteiger partial charge in [-0.2, -0.15) is 0 Å². The summed E-state index contributed by atoms with van der Waals surface area (Å²) >= 11 is 8.76. The zero-order valence-electron chi connectivity index (χ0n) is 6.25. The molecule has 3 nitrogen and oxygen atoms in total. The van der Waals surface area contributed by atoms with Crippen molar-refractivity contribution in [2.45, 2.75) is 0 Å². The third-order valence-electron chi connectivity index (χ3n) is 1.32. The van der Waals surface area contributed by atoms with Crippen LogP contribution in [0.25, 0.3) is 0 Å². The van der Waals surface area contributed by atoms with Crippen molar-refractivity contribution < 1.29 is 9.90 Å². The molecule has 1 rings (SSSR count). The van der Waals surface area contributed by atoms with Crippen molar-refractivity contribution in [3.8, 4) is 0 Å². The van der Waals surface area contributed by atoms with E-state index in [1.54, 1.807) is 6.07 Å². The maximum atomic E-state index is 10.6. The first-order valence-electron chi connectivity index (χ1n) is 3.00. The van der Waals surface area contributed by atoms with Gasteiger partial charge in [0.1, 0.15) is 0 Å². The Morgan fingerprint density at radius 1 is 1.54 bits per heavy atom. The first kappa shape index (κ1) is 12.6. The lowest BCUT2D eigenvalue weighted by Gasteiger charge is -2.03. The molecular formula is C7H6BrCl2NO2. The summed E-state index contributed by atoms with van der Waals surface area (Å²) in [6.45, 7) is 0. The molecule has 3 N–H and O–H groups in total. The summed E-state index contributed by atoms with van der Waals surface area (Å²) in [5.74, 6) is -1.09. The lowest BCUT2D eigenvalue weighted by atomic mass is 10.2. The molecule has 0 heterocycles. The van der Waals surface area contributed by atoms with E-state index in [1.165, 1.54) is 6.07 Å². The van der Waals surface area contributed by atoms with Gasteiger partial charge in [0.25, 0.3) is 0 Å². The summed E-state index contributed by atoms with van der Waals surface area (Å²) in [5, 5.41) is 8.89. The average Bonchev–Trinajstić information content (AvgIpc) is 1.96. The van der Waals surface area contributed by atoms with Gasteiger partial charge in [0.2, 0.25) is 0 Å². The smallest absolute Gasteiger partial charge is 0.337 e. The van der Waals surface area contributed by atoms with Crippen LogP contribution in [0.5, 0.6) is 0 Å². The molecule has 0 aliphatic carbocycles. The minimum Gasteiger partial charge on any atom is -0.478 e. The molecule has 0 aliphatic rings. The number of nitrogens with two attached hydrogens (primary N) is 1. The number of rotatable bonds is 1. The number of halogens is 3. The van der Waals surface area contributed by atoms with Gasteiger partial charge in [0.05, 0.1) is 16.3 Å². The Morgan fingerprint density at radius 2 is 2.08 bits per heavy atom. The number of carbonyl (C=O) groups is 1. The van der Waals surface area contributed by atoms with Crippen molar-refractivity contribution in [2.75, 3.05) is 5.73 Å². The standard InChI is InChI=1S/C7H5BrClNO2.ClH/c8-3-1-4(7(11)12)6(10)5(9)2-3;/h1-2H,10H2,(H,11,12);1H. The molecule has 0 unspecified atom stereocenters. The highest BCUT2D eigenvalue weighted by Crippen LogP contribution is 2.27. The summed E-state index contributed by atoms with van der Waals surface area (Å²) in [5.41, 5.74) is 5.52. The minimum absolute atomic E-state index is 0. The van der Waals surface area contributed by atoms with E-state index < -0.39 is 5.97 Å². The van der Waals surface area contributed by atoms with Crippen LogP contribution >= 0.6 is 39.9 Å². The maximum absolute atomic E-state index is 10.6. The van der Waals surface area contributed by atoms with E-state index in [-0.39, 0.29) is 28.7 Å². The number of aromatic carboxylic acids is 1. The molecule has 0 saturated heterocycles. The molecule has 0 radical (unpaired) electrons. The van der Waals surface area contributed by atoms with Crippen LogP contribution in [0, 0.1) is 0 Å². The Morgan fingerprint density at radius 3 is 2.54 bits per heavy atom. The van der Waals surface area contributed by atoms with Gasteiger partial charge in [-0.15, -0.1) is 12.4 Å². The maximum Gasteiger partial charge on any atom is 0.337 e. The lowest BCUT2D eigenvalue weighted by Crippen LogP contribution is -2.02. The molecule has 0 fully saturated rings. The monoisotopic (exact) mass is 285 g/mol. The van der Waals surface area contributed by atoms with E-state index in [2.05, 4.69) is 15.9 Å². The second kappa shape index (κ2) is 4.69. The largest absolute Gasteiger partial charge is 0.478 e. The fraction of sp³-hybridized carbons (Fsp3) is 0. The summed E-state index contributed by atoms with van der Waals surface area (Å²) < 4.78 is 0.596. The minimum atomic E-state index is -1.09. The van der Waals surface area contributed by atoms with E-state index in [9.17, 15) is 4.79 Å². The van der Waals surface area contributed by atoms with Gasteiger partial charge < -0.3 is 10.8 Å². The third kappa shape index (κ3) is 2.76. The average molecular weight is 287 g/mol. The summed E-state index contributed by atoms with van der Waals surface area (Å²) in [4.78, 5) is 10.6. The Bertz CT molecular complexity index is 344. The van der Waals surface area contributed by atoms with Gasteiger partial charge in [0.15, 0.2) is 0 Å². The zero-order valence-corrected chi connectivity index (χ0v) is 9.41. The van der Waals surface area contributed by atoms with Crippen LogP contribution in [0.15, 0.2) is 16.6 Å². The van der Waals surface area contributed by atoms with Crippen LogP contribution in [-0.2, 0) is 0 Å². The van der Waals surface area contributed by atoms with Crippen molar-refractivity contribution in [3.63, 3.8) is 0 Å². The van der Waals surface area contributed by atoms with Crippen molar-refractivity contribution in [1.82, 2.24) is 0 Å². The number of carboxylic acid groups (broad SMARTS) is 1. The first-order chi connectivity index (χ1) is 5.52. The van der Waals surface area contributed by atoms with Crippen LogP contribution in [0.3, 0.4) is 0 Å². The van der Waals surface area contributed by atoms with Gasteiger partial charge in [-0.05, 0) is 12.1 Å². The second-order valence-electron chi connectivity index (χ2n) is 2.15. The molecule has 72 valence electrons. The van der Waals surface area contributed by atoms with E-state index in [0.29, 0.717) is 4.47 Å². The fourth-order valence-corrected chi connectivity index (χ4v) is 1.57. The number of hydrogen-bond acceptors (Lipinski definition) is 2. The highest BCUT2D eigenvalue weighted by molar-refractivity contribution is 9.10. The molecule has 0 bridgehead atoms. The van der Waals surface area contributed by atoms with Crippen LogP contribution < -0.4 is 5.73 Å². The van der Waals surface area contributed by atoms with Crippen LogP contribution in [0.1, 0.15) is 10.4 Å². The number of anilines is 1. The van der Waals surface area contributed by atoms with Crippen LogP contribution in [0.2, 0.25) is 5.02 Å². The number of nitrogen functional groups attached to an aromatic ring is 1. The van der Waals surface area contributed by atoms with Gasteiger partial charge in [-0.25, -0.2) is 4.79 Å². The van der Waals surface area contributed by atoms with Crippen molar-refractivity contribution in [2.24, 2.45) is 0 Å². The molecule has 1 aromatic carbocycles. The normalized spacial score (nSPS) is 9.08. The van der Waals surface area contributed by atoms with Gasteiger partial charge in [0, 0.05) is 4.47 Å². The van der Waals surface area contributed by atoms with Crippen LogP contribution in [-0.4, -0.2) is 11.1 Å². The van der Waals surface area contributed by atoms with Crippen LogP contribution in [0.4, 0.5) is 5.69 Å². The second-order valence-corrected chi connectivity index (χ2v) is 3.48. The van der Waals surface area contributed by atoms with E-state index in [4.69, 9.17) is 22.4 Å². The number of benzene rings is 1. The first-order valence-corrected chi connectivity index (χ1v) is 4.17. The molecule has 0 aliphatic heterocycles. The summed E-state index contributed by atoms with van der Waals surface area (Å²) in [6.07, 6.45) is 0. The Hall–Kier alpha value is -0.450. The molecule has 1 aromatic rings. The van der Waals surface area contributed by atoms with E-state index >= 15 is 0 Å². The molecular weight excluding hydrogens is 281 g/mol. The molecule has 0 amide bonds. The predicted octanol–water partition coefficient (Wildman–Crippen LogP) is 2.80. The Balaban J connectivity index is 0.00000144. The Kier molecular flexibility index (Phi) is 4.53. The number of hydrogen-bond donors (Lipinski definition) is 2. The van der Waals surface area contributed by atoms with E-state index in [0.717, 1.165) is 0 Å². The molecule has 0 atom stereocenters. The van der Waals surface area contributed by atoms with Gasteiger partial charge in [-0.3, -0.25) is 0 Å². The molecule has 13 heavy (non-hydrogen) atoms. The molecule has 6 heteroatoms. The summed E-state index contributed by atoms with van der Waals surface area (Å²) in [6, 6.07) is 2.95. The summed E-state index contributed by atoms with van der Waals surface area (Å²) in [7, 11) is 0. The zero-order chi connectivity index (χ0) is 9.30.